The Morgan fingerprint density at radius 1 is 1.25 bits per heavy atom. The van der Waals surface area contributed by atoms with Crippen LogP contribution >= 0.6 is 23.6 Å². The number of nitrogens with one attached hydrogen (secondary N) is 2. The van der Waals surface area contributed by atoms with Crippen molar-refractivity contribution in [3.63, 3.8) is 0 Å². The number of thiazole rings is 1. The van der Waals surface area contributed by atoms with Gasteiger partial charge in [0.2, 0.25) is 5.91 Å². The van der Waals surface area contributed by atoms with Crippen LogP contribution in [0, 0.1) is 11.7 Å². The van der Waals surface area contributed by atoms with Gasteiger partial charge in [-0.25, -0.2) is 4.98 Å². The molecule has 2 aromatic heterocycles. The largest absolute Gasteiger partial charge is 0.378 e. The number of aryl methyl sites for hydroxylation is 1. The van der Waals surface area contributed by atoms with Gasteiger partial charge in [-0.3, -0.25) is 14.5 Å². The first-order valence-electron chi connectivity index (χ1n) is 10.3. The number of morpholine rings is 1. The van der Waals surface area contributed by atoms with Gasteiger partial charge in [0.05, 0.1) is 23.4 Å². The van der Waals surface area contributed by atoms with Crippen LogP contribution in [0.5, 0.6) is 0 Å². The van der Waals surface area contributed by atoms with Gasteiger partial charge in [0, 0.05) is 24.3 Å². The Morgan fingerprint density at radius 2 is 2.09 bits per heavy atom. The third-order valence-corrected chi connectivity index (χ3v) is 6.67. The summed E-state index contributed by atoms with van der Waals surface area (Å²) >= 11 is 6.99. The molecule has 0 atom stereocenters. The van der Waals surface area contributed by atoms with E-state index in [2.05, 4.69) is 20.4 Å². The van der Waals surface area contributed by atoms with Gasteiger partial charge in [0.1, 0.15) is 6.54 Å². The van der Waals surface area contributed by atoms with Crippen molar-refractivity contribution < 1.29 is 9.53 Å². The second-order valence-electron chi connectivity index (χ2n) is 7.63. The van der Waals surface area contributed by atoms with Crippen LogP contribution in [0.1, 0.15) is 5.56 Å². The Kier molecular flexibility index (Phi) is 5.73. The highest BCUT2D eigenvalue weighted by atomic mass is 32.1. The fraction of sp³-hybridized carbons (Fsp3) is 0.273. The molecule has 1 amide bonds. The van der Waals surface area contributed by atoms with Gasteiger partial charge in [-0.1, -0.05) is 35.1 Å². The minimum atomic E-state index is -0.173. The lowest BCUT2D eigenvalue weighted by Gasteiger charge is -2.25. The molecule has 1 fully saturated rings. The molecule has 0 aliphatic carbocycles. The Hall–Kier alpha value is -3.08. The second-order valence-corrected chi connectivity index (χ2v) is 9.03. The van der Waals surface area contributed by atoms with Crippen LogP contribution in [0.25, 0.3) is 21.6 Å². The summed E-state index contributed by atoms with van der Waals surface area (Å²) < 4.78 is 8.57. The van der Waals surface area contributed by atoms with Crippen LogP contribution in [0.4, 0.5) is 10.8 Å². The lowest BCUT2D eigenvalue weighted by Crippen LogP contribution is -2.36. The van der Waals surface area contributed by atoms with E-state index in [4.69, 9.17) is 21.9 Å². The molecular weight excluding hydrogens is 444 g/mol. The minimum absolute atomic E-state index is 0.0678. The number of carbonyl (C=O) groups is 1. The third kappa shape index (κ3) is 4.29. The molecule has 0 spiro atoms. The van der Waals surface area contributed by atoms with Crippen molar-refractivity contribution in [2.45, 2.75) is 13.5 Å². The first kappa shape index (κ1) is 20.8. The van der Waals surface area contributed by atoms with Crippen LogP contribution < -0.4 is 10.2 Å². The Morgan fingerprint density at radius 3 is 2.91 bits per heavy atom. The van der Waals surface area contributed by atoms with Crippen LogP contribution in [0.2, 0.25) is 0 Å². The number of nitrogens with zero attached hydrogens (tertiary/aromatic N) is 4. The van der Waals surface area contributed by atoms with Crippen LogP contribution in [0.15, 0.2) is 42.5 Å². The first-order valence-corrected chi connectivity index (χ1v) is 11.5. The maximum absolute atomic E-state index is 12.8. The Balaban J connectivity index is 1.33. The number of carbonyl (C=O) groups excluding carboxylic acids is 1. The number of hydrogen-bond acceptors (Lipinski definition) is 7. The summed E-state index contributed by atoms with van der Waals surface area (Å²) in [5.41, 5.74) is 3.67. The van der Waals surface area contributed by atoms with Crippen molar-refractivity contribution in [3.8, 4) is 11.4 Å². The molecule has 32 heavy (non-hydrogen) atoms. The van der Waals surface area contributed by atoms with E-state index >= 15 is 0 Å². The minimum Gasteiger partial charge on any atom is -0.378 e. The summed E-state index contributed by atoms with van der Waals surface area (Å²) in [5, 5.41) is 11.1. The van der Waals surface area contributed by atoms with E-state index in [1.807, 2.05) is 49.4 Å². The topological polar surface area (TPSA) is 88.1 Å². The van der Waals surface area contributed by atoms with Crippen LogP contribution in [0.3, 0.4) is 0 Å². The van der Waals surface area contributed by atoms with Gasteiger partial charge in [-0.2, -0.15) is 5.10 Å². The van der Waals surface area contributed by atoms with E-state index in [9.17, 15) is 4.79 Å². The molecule has 5 rings (SSSR count). The Labute approximate surface area is 193 Å². The standard InChI is InChI=1S/C22H22N6O2S2/c1-14-3-2-4-15(11-14)20-25-26-21(31)28(20)13-19(29)23-16-5-6-17-18(12-16)32-22(24-17)27-7-9-30-10-8-27/h2-6,11-12H,7-10,13H2,1H3,(H,23,29)(H,26,31). The number of aromatic nitrogens is 4. The number of fused-ring (bicyclic) bond motifs is 1. The van der Waals surface area contributed by atoms with Gasteiger partial charge in [0.15, 0.2) is 15.7 Å². The summed E-state index contributed by atoms with van der Waals surface area (Å²) in [4.78, 5) is 19.8. The van der Waals surface area contributed by atoms with Gasteiger partial charge < -0.3 is 15.0 Å². The van der Waals surface area contributed by atoms with Crippen molar-refractivity contribution in [2.75, 3.05) is 36.5 Å². The van der Waals surface area contributed by atoms with Gasteiger partial charge in [0.25, 0.3) is 0 Å². The molecule has 0 unspecified atom stereocenters. The summed E-state index contributed by atoms with van der Waals surface area (Å²) in [6.07, 6.45) is 0. The number of hydrogen-bond donors (Lipinski definition) is 2. The van der Waals surface area contributed by atoms with Crippen molar-refractivity contribution in [2.24, 2.45) is 0 Å². The monoisotopic (exact) mass is 466 g/mol. The lowest BCUT2D eigenvalue weighted by molar-refractivity contribution is -0.116. The molecule has 164 valence electrons. The fourth-order valence-corrected chi connectivity index (χ4v) is 4.95. The normalized spacial score (nSPS) is 14.1. The molecule has 0 radical (unpaired) electrons. The maximum atomic E-state index is 12.8. The smallest absolute Gasteiger partial charge is 0.244 e. The van der Waals surface area contributed by atoms with E-state index < -0.39 is 0 Å². The summed E-state index contributed by atoms with van der Waals surface area (Å²) in [5.74, 6) is 0.468. The number of aromatic amines is 1. The van der Waals surface area contributed by atoms with Crippen molar-refractivity contribution in [3.05, 3.63) is 52.8 Å². The van der Waals surface area contributed by atoms with Crippen molar-refractivity contribution in [1.29, 1.82) is 0 Å². The maximum Gasteiger partial charge on any atom is 0.244 e. The molecule has 1 aliphatic heterocycles. The average molecular weight is 467 g/mol. The molecule has 8 nitrogen and oxygen atoms in total. The summed E-state index contributed by atoms with van der Waals surface area (Å²) in [6, 6.07) is 13.7. The summed E-state index contributed by atoms with van der Waals surface area (Å²) in [6.45, 7) is 5.22. The molecule has 4 aromatic rings. The number of rotatable bonds is 5. The van der Waals surface area contributed by atoms with Gasteiger partial charge >= 0.3 is 0 Å². The highest BCUT2D eigenvalue weighted by Gasteiger charge is 2.16. The zero-order chi connectivity index (χ0) is 22.1. The predicted octanol–water partition coefficient (Wildman–Crippen LogP) is 4.00. The van der Waals surface area contributed by atoms with Gasteiger partial charge in [-0.15, -0.1) is 0 Å². The van der Waals surface area contributed by atoms with Crippen LogP contribution in [-0.4, -0.2) is 52.0 Å². The van der Waals surface area contributed by atoms with E-state index in [1.165, 1.54) is 0 Å². The molecule has 0 bridgehead atoms. The zero-order valence-electron chi connectivity index (χ0n) is 17.5. The highest BCUT2D eigenvalue weighted by Crippen LogP contribution is 2.31. The average Bonchev–Trinajstić information content (AvgIpc) is 3.38. The summed E-state index contributed by atoms with van der Waals surface area (Å²) in [7, 11) is 0. The Bertz CT molecular complexity index is 1340. The van der Waals surface area contributed by atoms with Crippen LogP contribution in [-0.2, 0) is 16.1 Å². The number of ether oxygens (including phenoxy) is 1. The van der Waals surface area contributed by atoms with Gasteiger partial charge in [-0.05, 0) is 43.4 Å². The predicted molar refractivity (Wildman–Crippen MR) is 129 cm³/mol. The van der Waals surface area contributed by atoms with Crippen molar-refractivity contribution in [1.82, 2.24) is 19.7 Å². The second kappa shape index (κ2) is 8.81. The molecule has 1 saturated heterocycles. The molecule has 1 aliphatic rings. The zero-order valence-corrected chi connectivity index (χ0v) is 19.1. The number of amides is 1. The molecule has 10 heteroatoms. The number of H-pyrrole nitrogens is 1. The van der Waals surface area contributed by atoms with E-state index in [-0.39, 0.29) is 12.5 Å². The van der Waals surface area contributed by atoms with Crippen molar-refractivity contribution >= 4 is 50.5 Å². The fourth-order valence-electron chi connectivity index (χ4n) is 3.69. The number of anilines is 2. The lowest BCUT2D eigenvalue weighted by atomic mass is 10.1. The van der Waals surface area contributed by atoms with E-state index in [0.29, 0.717) is 10.6 Å². The number of benzene rings is 2. The van der Waals surface area contributed by atoms with E-state index in [1.54, 1.807) is 15.9 Å². The molecule has 2 aromatic carbocycles. The molecule has 0 saturated carbocycles. The third-order valence-electron chi connectivity index (χ3n) is 5.28. The quantitative estimate of drug-likeness (QED) is 0.432. The molecule has 2 N–H and O–H groups in total. The molecular formula is C22H22N6O2S2. The highest BCUT2D eigenvalue weighted by molar-refractivity contribution is 7.71. The van der Waals surface area contributed by atoms with E-state index in [0.717, 1.165) is 58.5 Å². The molecule has 3 heterocycles. The first-order chi connectivity index (χ1) is 15.6. The SMILES string of the molecule is Cc1cccc(-c2n[nH]c(=S)n2CC(=O)Nc2ccc3nc(N4CCOCC4)sc3c2)c1.